The molecule has 0 unspecified atom stereocenters. The van der Waals surface area contributed by atoms with Gasteiger partial charge in [0.15, 0.2) is 0 Å². The Morgan fingerprint density at radius 2 is 1.86 bits per heavy atom. The molecule has 4 aliphatic rings. The average molecular weight is 926 g/mol. The minimum atomic E-state index is -2.20. The molecule has 0 saturated carbocycles. The van der Waals surface area contributed by atoms with E-state index in [1.54, 1.807) is 20.4 Å². The van der Waals surface area contributed by atoms with Gasteiger partial charge in [0.2, 0.25) is 11.6 Å². The highest BCUT2D eigenvalue weighted by atomic mass is 32.1. The minimum absolute atomic E-state index is 0.0116. The maximum atomic E-state index is 14.7. The topological polar surface area (TPSA) is 175 Å². The van der Waals surface area contributed by atoms with Crippen molar-refractivity contribution in [2.75, 3.05) is 60.5 Å². The predicted molar refractivity (Wildman–Crippen MR) is 253 cm³/mol. The number of thiazole rings is 1. The van der Waals surface area contributed by atoms with Crippen molar-refractivity contribution >= 4 is 46.1 Å². The monoisotopic (exact) mass is 925 g/mol. The number of hydrazine groups is 1. The number of ether oxygens (including phenoxy) is 2. The SMILES string of the molecule is CCn1c(-c2cccnc2[C@H](C)OC)c2c3cc(ccc31)-c1csc(n1)C[C@H](NC(=O)[C@H](C(C)C)N(C)C(=O)N1CCCC3(CN(C)C3)C1)C(=O)N1CCC[C@@](O)(N1)C(=O)OCC(C)(C)C2. The van der Waals surface area contributed by atoms with Crippen LogP contribution in [0.1, 0.15) is 89.6 Å². The van der Waals surface area contributed by atoms with Crippen LogP contribution >= 0.6 is 11.3 Å². The van der Waals surface area contributed by atoms with E-state index in [0.29, 0.717) is 37.5 Å². The van der Waals surface area contributed by atoms with Gasteiger partial charge in [0.1, 0.15) is 12.1 Å². The van der Waals surface area contributed by atoms with Crippen LogP contribution in [0.5, 0.6) is 0 Å². The molecule has 3 N–H and O–H groups in total. The number of benzene rings is 1. The maximum Gasteiger partial charge on any atom is 0.355 e. The molecule has 1 aromatic carbocycles. The summed E-state index contributed by atoms with van der Waals surface area (Å²) in [7, 11) is 5.42. The maximum absolute atomic E-state index is 14.7. The molecule has 6 bridgehead atoms. The van der Waals surface area contributed by atoms with Gasteiger partial charge in [-0.15, -0.1) is 11.3 Å². The van der Waals surface area contributed by atoms with Gasteiger partial charge in [-0.1, -0.05) is 33.8 Å². The first-order valence-corrected chi connectivity index (χ1v) is 24.3. The van der Waals surface area contributed by atoms with Crippen molar-refractivity contribution in [2.45, 2.75) is 111 Å². The molecule has 8 rings (SSSR count). The Kier molecular flexibility index (Phi) is 13.4. The van der Waals surface area contributed by atoms with Gasteiger partial charge in [-0.3, -0.25) is 19.6 Å². The number of carbonyl (C=O) groups is 4. The van der Waals surface area contributed by atoms with E-state index in [4.69, 9.17) is 19.4 Å². The van der Waals surface area contributed by atoms with Crippen molar-refractivity contribution in [2.24, 2.45) is 16.7 Å². The summed E-state index contributed by atoms with van der Waals surface area (Å²) in [5, 5.41) is 19.7. The lowest BCUT2D eigenvalue weighted by molar-refractivity contribution is -0.189. The van der Waals surface area contributed by atoms with E-state index in [1.165, 1.54) is 21.2 Å². The van der Waals surface area contributed by atoms with Crippen LogP contribution < -0.4 is 10.7 Å². The van der Waals surface area contributed by atoms with Gasteiger partial charge in [-0.05, 0) is 82.3 Å². The van der Waals surface area contributed by atoms with Gasteiger partial charge in [0.25, 0.3) is 5.91 Å². The Bertz CT molecular complexity index is 2470. The van der Waals surface area contributed by atoms with E-state index in [2.05, 4.69) is 58.4 Å². The highest BCUT2D eigenvalue weighted by Crippen LogP contribution is 2.42. The number of hydrogen-bond acceptors (Lipinski definition) is 12. The van der Waals surface area contributed by atoms with Crippen LogP contribution in [-0.2, 0) is 43.2 Å². The molecule has 0 radical (unpaired) electrons. The molecular formula is C49H67N9O7S. The van der Waals surface area contributed by atoms with Crippen LogP contribution in [0.25, 0.3) is 33.4 Å². The molecule has 3 aromatic heterocycles. The van der Waals surface area contributed by atoms with E-state index in [1.807, 2.05) is 51.0 Å². The van der Waals surface area contributed by atoms with Gasteiger partial charge in [0, 0.05) is 111 Å². The number of esters is 1. The molecule has 4 aromatic rings. The molecule has 16 nitrogen and oxygen atoms in total. The van der Waals surface area contributed by atoms with E-state index >= 15 is 0 Å². The third-order valence-corrected chi connectivity index (χ3v) is 14.9. The van der Waals surface area contributed by atoms with Crippen LogP contribution in [0.15, 0.2) is 41.9 Å². The summed E-state index contributed by atoms with van der Waals surface area (Å²) in [5.74, 6) is -2.21. The number of aryl methyl sites for hydroxylation is 1. The summed E-state index contributed by atoms with van der Waals surface area (Å²) in [6.07, 6.45) is 4.31. The Morgan fingerprint density at radius 1 is 1.11 bits per heavy atom. The number of pyridine rings is 1. The lowest BCUT2D eigenvalue weighted by Gasteiger charge is -2.54. The fourth-order valence-electron chi connectivity index (χ4n) is 10.9. The third kappa shape index (κ3) is 9.21. The second kappa shape index (κ2) is 18.6. The molecule has 3 fully saturated rings. The number of piperidine rings is 1. The number of hydrogen-bond donors (Lipinski definition) is 3. The van der Waals surface area contributed by atoms with Crippen molar-refractivity contribution < 1.29 is 33.8 Å². The number of amides is 4. The molecule has 1 spiro atoms. The number of aromatic nitrogens is 3. The summed E-state index contributed by atoms with van der Waals surface area (Å²) in [5.41, 5.74) is 6.51. The van der Waals surface area contributed by atoms with E-state index in [9.17, 15) is 24.3 Å². The number of rotatable bonds is 8. The molecule has 17 heteroatoms. The number of fused-ring (bicyclic) bond motifs is 6. The second-order valence-corrected chi connectivity index (χ2v) is 21.2. The Balaban J connectivity index is 1.17. The van der Waals surface area contributed by atoms with E-state index < -0.39 is 41.0 Å². The molecule has 0 aliphatic carbocycles. The summed E-state index contributed by atoms with van der Waals surface area (Å²) < 4.78 is 14.1. The van der Waals surface area contributed by atoms with Crippen molar-refractivity contribution in [1.82, 2.24) is 45.0 Å². The molecule has 4 amide bonds. The summed E-state index contributed by atoms with van der Waals surface area (Å²) in [4.78, 5) is 72.9. The second-order valence-electron chi connectivity index (χ2n) is 20.3. The Labute approximate surface area is 392 Å². The van der Waals surface area contributed by atoms with Crippen molar-refractivity contribution in [3.63, 3.8) is 0 Å². The Morgan fingerprint density at radius 3 is 2.58 bits per heavy atom. The molecular weight excluding hydrogens is 859 g/mol. The first kappa shape index (κ1) is 47.5. The summed E-state index contributed by atoms with van der Waals surface area (Å²) in [6.45, 7) is 15.9. The number of carbonyl (C=O) groups excluding carboxylic acids is 4. The smallest absolute Gasteiger partial charge is 0.355 e. The number of cyclic esters (lactones) is 1. The zero-order valence-corrected chi connectivity index (χ0v) is 40.8. The van der Waals surface area contributed by atoms with Gasteiger partial charge < -0.3 is 39.2 Å². The van der Waals surface area contributed by atoms with Crippen LogP contribution in [0.3, 0.4) is 0 Å². The number of nitrogens with one attached hydrogen (secondary N) is 2. The fourth-order valence-corrected chi connectivity index (χ4v) is 11.7. The van der Waals surface area contributed by atoms with Crippen LogP contribution in [0, 0.1) is 16.7 Å². The first-order chi connectivity index (χ1) is 31.4. The standard InChI is InChI=1S/C49H67N9O7S/c1-10-57-38-16-15-32-22-34(38)35(42(57)33-14-11-19-50-40(33)31(4)64-9)24-47(5,6)29-65-45(61)49(63)18-13-21-58(53-49)44(60)36(23-39-51-37(32)25-66-39)52-43(59)41(30(2)3)55(8)46(62)56-20-12-17-48(28-56)26-54(7)27-48/h11,14-16,19,22,25,30-31,36,41,53,63H,10,12-13,17-18,20-21,23-24,26-29H2,1-9H3,(H,52,59)/t31-,36-,41-,49-/m0/s1. The van der Waals surface area contributed by atoms with Crippen LogP contribution in [0.2, 0.25) is 0 Å². The van der Waals surface area contributed by atoms with Crippen molar-refractivity contribution in [1.29, 1.82) is 0 Å². The first-order valence-electron chi connectivity index (χ1n) is 23.4. The number of nitrogens with zero attached hydrogens (tertiary/aromatic N) is 7. The van der Waals surface area contributed by atoms with Gasteiger partial charge in [0.05, 0.1) is 34.8 Å². The number of likely N-dealkylation sites (tertiary alicyclic amines) is 2. The van der Waals surface area contributed by atoms with Crippen LogP contribution in [-0.4, -0.2) is 142 Å². The molecule has 7 heterocycles. The minimum Gasteiger partial charge on any atom is -0.462 e. The van der Waals surface area contributed by atoms with E-state index in [-0.39, 0.29) is 49.5 Å². The molecule has 3 saturated heterocycles. The molecule has 4 aliphatic heterocycles. The number of aliphatic hydroxyl groups is 1. The lowest BCUT2D eigenvalue weighted by atomic mass is 9.74. The fraction of sp³-hybridized carbons (Fsp3) is 0.592. The highest BCUT2D eigenvalue weighted by molar-refractivity contribution is 7.10. The van der Waals surface area contributed by atoms with Gasteiger partial charge in [-0.25, -0.2) is 14.6 Å². The number of methoxy groups -OCH3 is 1. The summed E-state index contributed by atoms with van der Waals surface area (Å²) >= 11 is 1.39. The van der Waals surface area contributed by atoms with E-state index in [0.717, 1.165) is 70.6 Å². The lowest BCUT2D eigenvalue weighted by Crippen LogP contribution is -2.67. The third-order valence-electron chi connectivity index (χ3n) is 14.0. The quantitative estimate of drug-likeness (QED) is 0.187. The predicted octanol–water partition coefficient (Wildman–Crippen LogP) is 5.63. The molecule has 356 valence electrons. The molecule has 66 heavy (non-hydrogen) atoms. The zero-order chi connectivity index (χ0) is 47.3. The zero-order valence-electron chi connectivity index (χ0n) is 40.0. The highest BCUT2D eigenvalue weighted by Gasteiger charge is 2.48. The largest absolute Gasteiger partial charge is 0.462 e. The normalized spacial score (nSPS) is 23.3. The number of likely N-dealkylation sites (N-methyl/N-ethyl adjacent to an activating group) is 1. The van der Waals surface area contributed by atoms with Crippen LogP contribution in [0.4, 0.5) is 4.79 Å². The van der Waals surface area contributed by atoms with Crippen molar-refractivity contribution in [3.8, 4) is 22.5 Å². The Hall–Kier alpha value is -4.94. The van der Waals surface area contributed by atoms with Gasteiger partial charge in [-0.2, -0.15) is 5.43 Å². The molecule has 4 atom stereocenters. The van der Waals surface area contributed by atoms with Gasteiger partial charge >= 0.3 is 12.0 Å². The summed E-state index contributed by atoms with van der Waals surface area (Å²) in [6, 6.07) is 8.07. The average Bonchev–Trinajstić information content (AvgIpc) is 3.87. The van der Waals surface area contributed by atoms with Crippen molar-refractivity contribution in [3.05, 3.63) is 58.2 Å². The number of urea groups is 1.